The molecule has 6 nitrogen and oxygen atoms in total. The molecule has 0 bridgehead atoms. The molecule has 1 aliphatic heterocycles. The fraction of sp³-hybridized carbons (Fsp3) is 0.364. The molecule has 0 unspecified atom stereocenters. The Kier molecular flexibility index (Phi) is 6.77. The second kappa shape index (κ2) is 9.29. The van der Waals surface area contributed by atoms with Crippen molar-refractivity contribution < 1.29 is 19.2 Å². The first-order chi connectivity index (χ1) is 13.9. The normalized spacial score (nSPS) is 14.6. The summed E-state index contributed by atoms with van der Waals surface area (Å²) in [5.41, 5.74) is 3.27. The van der Waals surface area contributed by atoms with Gasteiger partial charge in [0.2, 0.25) is 0 Å². The smallest absolute Gasteiger partial charge is 0.337 e. The number of nitrogens with zero attached hydrogens (tertiary/aromatic N) is 1. The predicted octanol–water partition coefficient (Wildman–Crippen LogP) is 2.41. The van der Waals surface area contributed by atoms with Crippen molar-refractivity contribution in [1.29, 1.82) is 0 Å². The molecule has 29 heavy (non-hydrogen) atoms. The molecule has 154 valence electrons. The van der Waals surface area contributed by atoms with E-state index in [1.54, 1.807) is 29.2 Å². The van der Waals surface area contributed by atoms with Gasteiger partial charge in [-0.2, -0.15) is 0 Å². The van der Waals surface area contributed by atoms with Crippen molar-refractivity contribution in [2.45, 2.75) is 13.8 Å². The Hall–Kier alpha value is -2.57. The SMILES string of the molecule is CC[NH+]1CCN(c2ccc(C(=O)OC)cc2NC(=O)c2ccc(C)c(Cl)c2)CC1. The maximum Gasteiger partial charge on any atom is 0.337 e. The van der Waals surface area contributed by atoms with Crippen molar-refractivity contribution in [2.75, 3.05) is 50.1 Å². The molecule has 0 atom stereocenters. The van der Waals surface area contributed by atoms with Crippen LogP contribution in [0.1, 0.15) is 33.2 Å². The van der Waals surface area contributed by atoms with Crippen LogP contribution in [0, 0.1) is 6.92 Å². The number of esters is 1. The van der Waals surface area contributed by atoms with Crippen LogP contribution >= 0.6 is 11.6 Å². The molecule has 1 fully saturated rings. The van der Waals surface area contributed by atoms with Crippen LogP contribution in [0.15, 0.2) is 36.4 Å². The third-order valence-electron chi connectivity index (χ3n) is 5.41. The van der Waals surface area contributed by atoms with Gasteiger partial charge in [0, 0.05) is 10.6 Å². The Morgan fingerprint density at radius 3 is 2.45 bits per heavy atom. The van der Waals surface area contributed by atoms with Crippen LogP contribution in [0.3, 0.4) is 0 Å². The molecule has 7 heteroatoms. The van der Waals surface area contributed by atoms with Crippen LogP contribution < -0.4 is 15.1 Å². The molecular formula is C22H27ClN3O3+. The van der Waals surface area contributed by atoms with Crippen molar-refractivity contribution in [3.8, 4) is 0 Å². The number of anilines is 2. The summed E-state index contributed by atoms with van der Waals surface area (Å²) in [4.78, 5) is 28.7. The quantitative estimate of drug-likeness (QED) is 0.735. The number of methoxy groups -OCH3 is 1. The van der Waals surface area contributed by atoms with E-state index >= 15 is 0 Å². The minimum atomic E-state index is -0.439. The maximum atomic E-state index is 12.9. The number of piperazine rings is 1. The number of ether oxygens (including phenoxy) is 1. The van der Waals surface area contributed by atoms with E-state index in [9.17, 15) is 9.59 Å². The van der Waals surface area contributed by atoms with E-state index in [2.05, 4.69) is 17.1 Å². The summed E-state index contributed by atoms with van der Waals surface area (Å²) in [5.74, 6) is -0.710. The summed E-state index contributed by atoms with van der Waals surface area (Å²) in [6.45, 7) is 9.04. The minimum Gasteiger partial charge on any atom is -0.465 e. The third kappa shape index (κ3) is 4.89. The standard InChI is InChI=1S/C22H26ClN3O3/c1-4-25-9-11-26(12-10-25)20-8-7-17(22(28)29-3)14-19(20)24-21(27)16-6-5-15(2)18(23)13-16/h5-8,13-14H,4,9-12H2,1-3H3,(H,24,27)/p+1. The summed E-state index contributed by atoms with van der Waals surface area (Å²) in [7, 11) is 1.34. The van der Waals surface area contributed by atoms with Crippen molar-refractivity contribution >= 4 is 34.9 Å². The van der Waals surface area contributed by atoms with E-state index in [1.165, 1.54) is 7.11 Å². The second-order valence-electron chi connectivity index (χ2n) is 7.23. The molecule has 0 aliphatic carbocycles. The second-order valence-corrected chi connectivity index (χ2v) is 7.64. The number of aryl methyl sites for hydroxylation is 1. The Labute approximate surface area is 176 Å². The summed E-state index contributed by atoms with van der Waals surface area (Å²) in [5, 5.41) is 3.50. The van der Waals surface area contributed by atoms with Gasteiger partial charge in [0.25, 0.3) is 5.91 Å². The van der Waals surface area contributed by atoms with E-state index in [0.717, 1.165) is 44.0 Å². The van der Waals surface area contributed by atoms with Crippen LogP contribution in [-0.2, 0) is 4.74 Å². The number of quaternary nitrogens is 1. The topological polar surface area (TPSA) is 63.1 Å². The zero-order valence-corrected chi connectivity index (χ0v) is 17.8. The number of carbonyl (C=O) groups is 2. The first-order valence-electron chi connectivity index (χ1n) is 9.81. The van der Waals surface area contributed by atoms with Gasteiger partial charge in [-0.05, 0) is 49.7 Å². The molecule has 2 N–H and O–H groups in total. The van der Waals surface area contributed by atoms with Crippen LogP contribution in [-0.4, -0.2) is 51.7 Å². The van der Waals surface area contributed by atoms with Crippen LogP contribution in [0.5, 0.6) is 0 Å². The number of hydrogen-bond donors (Lipinski definition) is 2. The molecule has 2 aromatic rings. The van der Waals surface area contributed by atoms with Crippen LogP contribution in [0.25, 0.3) is 0 Å². The maximum absolute atomic E-state index is 12.9. The number of benzene rings is 2. The molecule has 3 rings (SSSR count). The lowest BCUT2D eigenvalue weighted by Crippen LogP contribution is -3.14. The molecule has 1 amide bonds. The number of carbonyl (C=O) groups excluding carboxylic acids is 2. The Morgan fingerprint density at radius 2 is 1.83 bits per heavy atom. The van der Waals surface area contributed by atoms with Gasteiger partial charge in [-0.25, -0.2) is 4.79 Å². The molecule has 0 aromatic heterocycles. The lowest BCUT2D eigenvalue weighted by Gasteiger charge is -2.34. The summed E-state index contributed by atoms with van der Waals surface area (Å²) in [6.07, 6.45) is 0. The minimum absolute atomic E-state index is 0.270. The number of nitrogens with one attached hydrogen (secondary N) is 2. The van der Waals surface area contributed by atoms with Gasteiger partial charge < -0.3 is 19.9 Å². The number of halogens is 1. The number of hydrogen-bond acceptors (Lipinski definition) is 4. The number of rotatable bonds is 5. The highest BCUT2D eigenvalue weighted by Gasteiger charge is 2.23. The fourth-order valence-corrected chi connectivity index (χ4v) is 3.68. The number of likely N-dealkylation sites (N-methyl/N-ethyl adjacent to an activating group) is 1. The first-order valence-corrected chi connectivity index (χ1v) is 10.2. The van der Waals surface area contributed by atoms with Crippen molar-refractivity contribution in [1.82, 2.24) is 0 Å². The van der Waals surface area contributed by atoms with Gasteiger partial charge in [0.1, 0.15) is 0 Å². The van der Waals surface area contributed by atoms with E-state index < -0.39 is 5.97 Å². The first kappa shape index (κ1) is 21.1. The van der Waals surface area contributed by atoms with E-state index in [0.29, 0.717) is 21.8 Å². The molecule has 2 aromatic carbocycles. The molecule has 1 saturated heterocycles. The highest BCUT2D eigenvalue weighted by atomic mass is 35.5. The van der Waals surface area contributed by atoms with Gasteiger partial charge in [-0.3, -0.25) is 4.79 Å². The highest BCUT2D eigenvalue weighted by molar-refractivity contribution is 6.31. The van der Waals surface area contributed by atoms with Crippen LogP contribution in [0.2, 0.25) is 5.02 Å². The molecule has 0 radical (unpaired) electrons. The Balaban J connectivity index is 1.90. The Bertz CT molecular complexity index is 908. The fourth-order valence-electron chi connectivity index (χ4n) is 3.50. The third-order valence-corrected chi connectivity index (χ3v) is 5.82. The number of amides is 1. The van der Waals surface area contributed by atoms with Crippen molar-refractivity contribution in [2.24, 2.45) is 0 Å². The van der Waals surface area contributed by atoms with Gasteiger partial charge >= 0.3 is 5.97 Å². The van der Waals surface area contributed by atoms with Gasteiger partial charge in [0.15, 0.2) is 0 Å². The highest BCUT2D eigenvalue weighted by Crippen LogP contribution is 2.29. The van der Waals surface area contributed by atoms with Crippen molar-refractivity contribution in [3.63, 3.8) is 0 Å². The van der Waals surface area contributed by atoms with Gasteiger partial charge in [-0.1, -0.05) is 17.7 Å². The molecule has 0 saturated carbocycles. The summed E-state index contributed by atoms with van der Waals surface area (Å²) >= 11 is 6.18. The lowest BCUT2D eigenvalue weighted by atomic mass is 10.1. The van der Waals surface area contributed by atoms with Gasteiger partial charge in [0.05, 0.1) is 56.8 Å². The average molecular weight is 417 g/mol. The van der Waals surface area contributed by atoms with Crippen LogP contribution in [0.4, 0.5) is 11.4 Å². The van der Waals surface area contributed by atoms with Gasteiger partial charge in [-0.15, -0.1) is 0 Å². The average Bonchev–Trinajstić information content (AvgIpc) is 2.75. The van der Waals surface area contributed by atoms with E-state index in [-0.39, 0.29) is 5.91 Å². The molecule has 0 spiro atoms. The summed E-state index contributed by atoms with van der Waals surface area (Å²) < 4.78 is 4.84. The summed E-state index contributed by atoms with van der Waals surface area (Å²) in [6, 6.07) is 10.5. The predicted molar refractivity (Wildman–Crippen MR) is 115 cm³/mol. The lowest BCUT2D eigenvalue weighted by molar-refractivity contribution is -0.898. The molecule has 1 heterocycles. The Morgan fingerprint density at radius 1 is 1.14 bits per heavy atom. The zero-order chi connectivity index (χ0) is 21.0. The zero-order valence-electron chi connectivity index (χ0n) is 17.0. The monoisotopic (exact) mass is 416 g/mol. The molecular weight excluding hydrogens is 390 g/mol. The molecule has 1 aliphatic rings. The van der Waals surface area contributed by atoms with E-state index in [4.69, 9.17) is 16.3 Å². The van der Waals surface area contributed by atoms with Crippen molar-refractivity contribution in [3.05, 3.63) is 58.1 Å². The largest absolute Gasteiger partial charge is 0.465 e. The van der Waals surface area contributed by atoms with E-state index in [1.807, 2.05) is 19.1 Å².